The van der Waals surface area contributed by atoms with E-state index in [4.69, 9.17) is 12.2 Å². The predicted molar refractivity (Wildman–Crippen MR) is 67.7 cm³/mol. The van der Waals surface area contributed by atoms with Gasteiger partial charge in [-0.05, 0) is 25.1 Å². The van der Waals surface area contributed by atoms with Crippen molar-refractivity contribution < 1.29 is 9.59 Å². The lowest BCUT2D eigenvalue weighted by atomic mass is 10.1. The lowest BCUT2D eigenvalue weighted by Crippen LogP contribution is -2.58. The average Bonchev–Trinajstić information content (AvgIpc) is 3.07. The topological polar surface area (TPSA) is 61.8 Å². The number of hydrogen-bond donors (Lipinski definition) is 1. The van der Waals surface area contributed by atoms with Crippen LogP contribution in [0.2, 0.25) is 0 Å². The van der Waals surface area contributed by atoms with Crippen LogP contribution in [0.3, 0.4) is 0 Å². The SMILES string of the molecule is C=CCN1C(=O)[C@H](C=NC2CC2)C(=O)NC1=S. The number of carbonyl (C=O) groups is 2. The van der Waals surface area contributed by atoms with E-state index in [2.05, 4.69) is 16.9 Å². The second-order valence-corrected chi connectivity index (χ2v) is 4.43. The summed E-state index contributed by atoms with van der Waals surface area (Å²) >= 11 is 4.93. The molecule has 2 fully saturated rings. The van der Waals surface area contributed by atoms with Gasteiger partial charge in [0.1, 0.15) is 0 Å². The minimum absolute atomic E-state index is 0.135. The maximum Gasteiger partial charge on any atom is 0.247 e. The molecule has 1 saturated heterocycles. The molecule has 1 saturated carbocycles. The van der Waals surface area contributed by atoms with Crippen molar-refractivity contribution in [2.24, 2.45) is 10.9 Å². The lowest BCUT2D eigenvalue weighted by molar-refractivity contribution is -0.137. The van der Waals surface area contributed by atoms with Crippen molar-refractivity contribution in [2.75, 3.05) is 6.54 Å². The van der Waals surface area contributed by atoms with Crippen LogP contribution in [0.5, 0.6) is 0 Å². The molecule has 1 N–H and O–H groups in total. The minimum atomic E-state index is -0.859. The van der Waals surface area contributed by atoms with Crippen molar-refractivity contribution in [1.29, 1.82) is 0 Å². The molecule has 0 radical (unpaired) electrons. The molecule has 6 heteroatoms. The van der Waals surface area contributed by atoms with Gasteiger partial charge in [-0.15, -0.1) is 6.58 Å². The Morgan fingerprint density at radius 3 is 2.82 bits per heavy atom. The molecule has 1 heterocycles. The van der Waals surface area contributed by atoms with Crippen LogP contribution >= 0.6 is 12.2 Å². The largest absolute Gasteiger partial charge is 0.302 e. The number of nitrogens with zero attached hydrogens (tertiary/aromatic N) is 2. The second kappa shape index (κ2) is 4.75. The van der Waals surface area contributed by atoms with E-state index in [9.17, 15) is 9.59 Å². The Kier molecular flexibility index (Phi) is 3.33. The molecular formula is C11H13N3O2S. The van der Waals surface area contributed by atoms with Crippen LogP contribution in [-0.4, -0.2) is 40.6 Å². The molecule has 90 valence electrons. The number of amides is 2. The molecule has 2 rings (SSSR count). The zero-order valence-corrected chi connectivity index (χ0v) is 10.1. The highest BCUT2D eigenvalue weighted by Gasteiger charge is 2.37. The van der Waals surface area contributed by atoms with E-state index in [1.165, 1.54) is 11.1 Å². The van der Waals surface area contributed by atoms with E-state index in [0.29, 0.717) is 6.54 Å². The zero-order chi connectivity index (χ0) is 12.4. The van der Waals surface area contributed by atoms with Crippen LogP contribution < -0.4 is 5.32 Å². The van der Waals surface area contributed by atoms with Gasteiger partial charge in [0.15, 0.2) is 11.0 Å². The van der Waals surface area contributed by atoms with E-state index in [1.807, 2.05) is 0 Å². The van der Waals surface area contributed by atoms with Gasteiger partial charge in [-0.25, -0.2) is 0 Å². The minimum Gasteiger partial charge on any atom is -0.302 e. The standard InChI is InChI=1S/C11H13N3O2S/c1-2-5-14-10(16)8(6-12-7-3-4-7)9(15)13-11(14)17/h2,6-8H,1,3-5H2,(H,13,15,17)/t8-/m1/s1. The van der Waals surface area contributed by atoms with Gasteiger partial charge < -0.3 is 5.32 Å². The summed E-state index contributed by atoms with van der Waals surface area (Å²) in [6.45, 7) is 3.85. The maximum atomic E-state index is 12.0. The molecular weight excluding hydrogens is 238 g/mol. The first-order valence-corrected chi connectivity index (χ1v) is 5.84. The number of aliphatic imine (C=N–C) groups is 1. The van der Waals surface area contributed by atoms with Crippen LogP contribution in [0.15, 0.2) is 17.6 Å². The van der Waals surface area contributed by atoms with Crippen molar-refractivity contribution in [1.82, 2.24) is 10.2 Å². The average molecular weight is 251 g/mol. The summed E-state index contributed by atoms with van der Waals surface area (Å²) in [4.78, 5) is 29.1. The third kappa shape index (κ3) is 2.58. The quantitative estimate of drug-likeness (QED) is 0.337. The lowest BCUT2D eigenvalue weighted by Gasteiger charge is -2.29. The summed E-state index contributed by atoms with van der Waals surface area (Å²) in [6, 6.07) is 0.289. The Morgan fingerprint density at radius 1 is 1.53 bits per heavy atom. The van der Waals surface area contributed by atoms with Crippen LogP contribution in [-0.2, 0) is 9.59 Å². The molecule has 1 aliphatic heterocycles. The summed E-state index contributed by atoms with van der Waals surface area (Å²) < 4.78 is 0. The number of carbonyl (C=O) groups excluding carboxylic acids is 2. The molecule has 0 aromatic heterocycles. The van der Waals surface area contributed by atoms with Gasteiger partial charge in [0.05, 0.1) is 0 Å². The van der Waals surface area contributed by atoms with E-state index in [1.54, 1.807) is 6.08 Å². The summed E-state index contributed by atoms with van der Waals surface area (Å²) in [5.41, 5.74) is 0. The van der Waals surface area contributed by atoms with Crippen LogP contribution in [0.4, 0.5) is 0 Å². The number of thiocarbonyl (C=S) groups is 1. The van der Waals surface area contributed by atoms with Crippen molar-refractivity contribution in [3.8, 4) is 0 Å². The van der Waals surface area contributed by atoms with Gasteiger partial charge in [0, 0.05) is 18.8 Å². The van der Waals surface area contributed by atoms with Crippen molar-refractivity contribution in [3.05, 3.63) is 12.7 Å². The fourth-order valence-electron chi connectivity index (χ4n) is 1.50. The van der Waals surface area contributed by atoms with E-state index in [-0.39, 0.29) is 17.1 Å². The van der Waals surface area contributed by atoms with Gasteiger partial charge >= 0.3 is 0 Å². The molecule has 0 bridgehead atoms. The maximum absolute atomic E-state index is 12.0. The molecule has 0 spiro atoms. The van der Waals surface area contributed by atoms with Gasteiger partial charge in [-0.2, -0.15) is 0 Å². The third-order valence-electron chi connectivity index (χ3n) is 2.59. The van der Waals surface area contributed by atoms with Crippen LogP contribution in [0.25, 0.3) is 0 Å². The fourth-order valence-corrected chi connectivity index (χ4v) is 1.76. The van der Waals surface area contributed by atoms with E-state index in [0.717, 1.165) is 12.8 Å². The van der Waals surface area contributed by atoms with Gasteiger partial charge in [-0.1, -0.05) is 6.08 Å². The third-order valence-corrected chi connectivity index (χ3v) is 2.92. The van der Waals surface area contributed by atoms with Crippen LogP contribution in [0, 0.1) is 5.92 Å². The first kappa shape index (κ1) is 11.9. The molecule has 1 atom stereocenters. The first-order valence-electron chi connectivity index (χ1n) is 5.44. The zero-order valence-electron chi connectivity index (χ0n) is 9.26. The predicted octanol–water partition coefficient (Wildman–Crippen LogP) is 0.265. The Hall–Kier alpha value is -1.56. The molecule has 1 aliphatic carbocycles. The van der Waals surface area contributed by atoms with Crippen molar-refractivity contribution in [2.45, 2.75) is 18.9 Å². The van der Waals surface area contributed by atoms with Gasteiger partial charge in [0.25, 0.3) is 0 Å². The van der Waals surface area contributed by atoms with Crippen molar-refractivity contribution >= 4 is 35.4 Å². The monoisotopic (exact) mass is 251 g/mol. The highest BCUT2D eigenvalue weighted by Crippen LogP contribution is 2.23. The highest BCUT2D eigenvalue weighted by atomic mass is 32.1. The molecule has 0 aromatic carbocycles. The van der Waals surface area contributed by atoms with Crippen molar-refractivity contribution in [3.63, 3.8) is 0 Å². The summed E-state index contributed by atoms with van der Waals surface area (Å²) in [5.74, 6) is -1.59. The Bertz CT molecular complexity index is 415. The first-order chi connectivity index (χ1) is 8.13. The van der Waals surface area contributed by atoms with Gasteiger partial charge in [0.2, 0.25) is 11.8 Å². The fraction of sp³-hybridized carbons (Fsp3) is 0.455. The molecule has 2 aliphatic rings. The number of rotatable bonds is 4. The normalized spacial score (nSPS) is 25.3. The van der Waals surface area contributed by atoms with Crippen LogP contribution in [0.1, 0.15) is 12.8 Å². The summed E-state index contributed by atoms with van der Waals surface area (Å²) in [7, 11) is 0. The summed E-state index contributed by atoms with van der Waals surface area (Å²) in [6.07, 6.45) is 5.07. The Balaban J connectivity index is 2.12. The molecule has 2 amide bonds. The Labute approximate surface area is 105 Å². The molecule has 17 heavy (non-hydrogen) atoms. The molecule has 0 unspecified atom stereocenters. The number of hydrogen-bond acceptors (Lipinski definition) is 4. The second-order valence-electron chi connectivity index (χ2n) is 4.04. The summed E-state index contributed by atoms with van der Waals surface area (Å²) in [5, 5.41) is 2.63. The molecule has 0 aromatic rings. The van der Waals surface area contributed by atoms with Gasteiger partial charge in [-0.3, -0.25) is 19.5 Å². The smallest absolute Gasteiger partial charge is 0.247 e. The molecule has 5 nitrogen and oxygen atoms in total. The Morgan fingerprint density at radius 2 is 2.24 bits per heavy atom. The highest BCUT2D eigenvalue weighted by molar-refractivity contribution is 7.80. The van der Waals surface area contributed by atoms with E-state index < -0.39 is 11.8 Å². The number of nitrogens with one attached hydrogen (secondary N) is 1. The van der Waals surface area contributed by atoms with E-state index >= 15 is 0 Å².